The van der Waals surface area contributed by atoms with Gasteiger partial charge in [-0.25, -0.2) is 13.4 Å². The molecule has 0 spiro atoms. The Morgan fingerprint density at radius 1 is 1.27 bits per heavy atom. The van der Waals surface area contributed by atoms with Crippen LogP contribution >= 0.6 is 0 Å². The molecule has 112 valence electrons. The number of carbonyl (C=O) groups excluding carboxylic acids is 1. The summed E-state index contributed by atoms with van der Waals surface area (Å²) in [5.74, 6) is -2.70. The van der Waals surface area contributed by atoms with Crippen molar-refractivity contribution in [3.8, 4) is 0 Å². The molecule has 1 N–H and O–H groups in total. The van der Waals surface area contributed by atoms with E-state index in [1.807, 2.05) is 0 Å². The topological polar surface area (TPSA) is 74.7 Å². The van der Waals surface area contributed by atoms with Crippen molar-refractivity contribution in [1.82, 2.24) is 0 Å². The molecule has 0 aromatic heterocycles. The number of carbonyl (C=O) groups is 2. The summed E-state index contributed by atoms with van der Waals surface area (Å²) < 4.78 is 27.0. The molecule has 1 unspecified atom stereocenters. The van der Waals surface area contributed by atoms with Crippen LogP contribution in [0, 0.1) is 5.82 Å². The Hall–Kier alpha value is -2.54. The van der Waals surface area contributed by atoms with Crippen LogP contribution in [0.4, 0.5) is 10.1 Å². The fourth-order valence-electron chi connectivity index (χ4n) is 2.34. The van der Waals surface area contributed by atoms with Gasteiger partial charge in [-0.15, -0.1) is 0 Å². The molecule has 1 aliphatic rings. The molecule has 0 bridgehead atoms. The van der Waals surface area contributed by atoms with Crippen molar-refractivity contribution in [2.45, 2.75) is 9.79 Å². The van der Waals surface area contributed by atoms with Gasteiger partial charge >= 0.3 is 5.97 Å². The summed E-state index contributed by atoms with van der Waals surface area (Å²) in [5, 5.41) is 9.03. The Labute approximate surface area is 127 Å². The highest BCUT2D eigenvalue weighted by molar-refractivity contribution is 7.85. The lowest BCUT2D eigenvalue weighted by molar-refractivity contribution is 0.0695. The third kappa shape index (κ3) is 2.01. The zero-order valence-corrected chi connectivity index (χ0v) is 12.2. The summed E-state index contributed by atoms with van der Waals surface area (Å²) >= 11 is 0. The molecule has 1 atom stereocenters. The molecule has 22 heavy (non-hydrogen) atoms. The molecule has 7 heteroatoms. The van der Waals surface area contributed by atoms with E-state index >= 15 is 0 Å². The maximum atomic E-state index is 14.3. The highest BCUT2D eigenvalue weighted by Crippen LogP contribution is 2.36. The predicted molar refractivity (Wildman–Crippen MR) is 77.2 cm³/mol. The van der Waals surface area contributed by atoms with Crippen molar-refractivity contribution >= 4 is 28.4 Å². The molecule has 1 heterocycles. The van der Waals surface area contributed by atoms with Crippen LogP contribution in [-0.2, 0) is 10.8 Å². The van der Waals surface area contributed by atoms with Gasteiger partial charge < -0.3 is 10.0 Å². The molecule has 1 amide bonds. The van der Waals surface area contributed by atoms with E-state index < -0.39 is 28.5 Å². The average molecular weight is 319 g/mol. The van der Waals surface area contributed by atoms with Gasteiger partial charge in [0.2, 0.25) is 0 Å². The summed E-state index contributed by atoms with van der Waals surface area (Å²) in [5.41, 5.74) is -0.105. The van der Waals surface area contributed by atoms with Crippen LogP contribution in [0.3, 0.4) is 0 Å². The maximum Gasteiger partial charge on any atom is 0.335 e. The predicted octanol–water partition coefficient (Wildman–Crippen LogP) is 2.28. The number of carboxylic acid groups (broad SMARTS) is 1. The maximum absolute atomic E-state index is 14.3. The molecule has 0 radical (unpaired) electrons. The molecular formula is C15H10FNO4S. The molecule has 3 rings (SSSR count). The first-order valence-corrected chi connectivity index (χ1v) is 7.42. The number of amides is 1. The quantitative estimate of drug-likeness (QED) is 0.875. The smallest absolute Gasteiger partial charge is 0.335 e. The van der Waals surface area contributed by atoms with Gasteiger partial charge in [-0.2, -0.15) is 0 Å². The van der Waals surface area contributed by atoms with Crippen LogP contribution < -0.4 is 4.90 Å². The van der Waals surface area contributed by atoms with Crippen molar-refractivity contribution in [3.63, 3.8) is 0 Å². The molecule has 0 aliphatic carbocycles. The summed E-state index contributed by atoms with van der Waals surface area (Å²) in [7, 11) is -0.518. The first-order chi connectivity index (χ1) is 10.4. The van der Waals surface area contributed by atoms with Crippen LogP contribution in [0.15, 0.2) is 46.2 Å². The molecule has 0 saturated heterocycles. The third-order valence-corrected chi connectivity index (χ3v) is 4.97. The summed E-state index contributed by atoms with van der Waals surface area (Å²) in [6.07, 6.45) is 0. The van der Waals surface area contributed by atoms with Crippen molar-refractivity contribution in [2.24, 2.45) is 0 Å². The number of aromatic carboxylic acids is 1. The van der Waals surface area contributed by atoms with Crippen molar-refractivity contribution in [1.29, 1.82) is 0 Å². The van der Waals surface area contributed by atoms with Gasteiger partial charge in [0.05, 0.1) is 32.5 Å². The van der Waals surface area contributed by atoms with Gasteiger partial charge in [-0.05, 0) is 24.3 Å². The normalized spacial score (nSPS) is 16.7. The van der Waals surface area contributed by atoms with Crippen LogP contribution in [0.1, 0.15) is 20.7 Å². The van der Waals surface area contributed by atoms with E-state index in [0.29, 0.717) is 0 Å². The van der Waals surface area contributed by atoms with E-state index in [1.54, 1.807) is 12.1 Å². The molecule has 0 fully saturated rings. The van der Waals surface area contributed by atoms with Crippen molar-refractivity contribution in [2.75, 3.05) is 11.9 Å². The second-order valence-corrected chi connectivity index (χ2v) is 6.13. The Morgan fingerprint density at radius 3 is 2.64 bits per heavy atom. The Morgan fingerprint density at radius 2 is 1.95 bits per heavy atom. The molecule has 2 aromatic carbocycles. The second kappa shape index (κ2) is 5.03. The number of halogens is 1. The fraction of sp³-hybridized carbons (Fsp3) is 0.0667. The first kappa shape index (κ1) is 14.4. The molecular weight excluding hydrogens is 309 g/mol. The second-order valence-electron chi connectivity index (χ2n) is 4.74. The lowest BCUT2D eigenvalue weighted by Gasteiger charge is -2.18. The lowest BCUT2D eigenvalue weighted by Crippen LogP contribution is -2.26. The fourth-order valence-corrected chi connectivity index (χ4v) is 3.74. The number of carboxylic acids is 1. The van der Waals surface area contributed by atoms with Gasteiger partial charge in [-0.1, -0.05) is 12.1 Å². The van der Waals surface area contributed by atoms with E-state index in [1.165, 1.54) is 19.2 Å². The monoisotopic (exact) mass is 319 g/mol. The number of anilines is 1. The van der Waals surface area contributed by atoms with Crippen molar-refractivity contribution in [3.05, 3.63) is 53.3 Å². The largest absolute Gasteiger partial charge is 0.478 e. The minimum Gasteiger partial charge on any atom is -0.478 e. The van der Waals surface area contributed by atoms with E-state index in [-0.39, 0.29) is 26.6 Å². The molecule has 0 saturated carbocycles. The van der Waals surface area contributed by atoms with E-state index in [4.69, 9.17) is 5.11 Å². The van der Waals surface area contributed by atoms with E-state index in [2.05, 4.69) is 0 Å². The van der Waals surface area contributed by atoms with Crippen LogP contribution in [0.2, 0.25) is 0 Å². The summed E-state index contributed by atoms with van der Waals surface area (Å²) in [6.45, 7) is 0. The minimum atomic E-state index is -1.91. The van der Waals surface area contributed by atoms with Crippen molar-refractivity contribution < 1.29 is 23.3 Å². The van der Waals surface area contributed by atoms with Gasteiger partial charge in [0.25, 0.3) is 5.91 Å². The Bertz CT molecular complexity index is 849. The number of nitrogens with zero attached hydrogens (tertiary/aromatic N) is 1. The third-order valence-electron chi connectivity index (χ3n) is 3.44. The molecule has 2 aromatic rings. The van der Waals surface area contributed by atoms with Gasteiger partial charge in [-0.3, -0.25) is 4.79 Å². The average Bonchev–Trinajstić information content (AvgIpc) is 2.58. The Kier molecular flexibility index (Phi) is 3.29. The van der Waals surface area contributed by atoms with Crippen LogP contribution in [0.25, 0.3) is 0 Å². The van der Waals surface area contributed by atoms with Gasteiger partial charge in [0, 0.05) is 7.05 Å². The SMILES string of the molecule is CN1C(=O)c2ccccc2S(=O)c2c(F)cc(C(=O)O)cc21. The zero-order chi connectivity index (χ0) is 16.0. The van der Waals surface area contributed by atoms with Crippen LogP contribution in [-0.4, -0.2) is 28.2 Å². The zero-order valence-electron chi connectivity index (χ0n) is 11.4. The highest BCUT2D eigenvalue weighted by Gasteiger charge is 2.31. The van der Waals surface area contributed by atoms with Gasteiger partial charge in [0.15, 0.2) is 0 Å². The molecule has 5 nitrogen and oxygen atoms in total. The minimum absolute atomic E-state index is 0.00284. The number of hydrogen-bond donors (Lipinski definition) is 1. The first-order valence-electron chi connectivity index (χ1n) is 6.27. The van der Waals surface area contributed by atoms with E-state index in [0.717, 1.165) is 17.0 Å². The Balaban J connectivity index is 2.36. The summed E-state index contributed by atoms with van der Waals surface area (Å²) in [4.78, 5) is 24.7. The number of fused-ring (bicyclic) bond motifs is 2. The van der Waals surface area contributed by atoms with Crippen LogP contribution in [0.5, 0.6) is 0 Å². The lowest BCUT2D eigenvalue weighted by atomic mass is 10.1. The van der Waals surface area contributed by atoms with E-state index in [9.17, 15) is 18.2 Å². The highest BCUT2D eigenvalue weighted by atomic mass is 32.2. The van der Waals surface area contributed by atoms with Gasteiger partial charge in [0.1, 0.15) is 10.7 Å². The standard InChI is InChI=1S/C15H10FNO4S/c1-17-11-7-8(15(19)20)6-10(16)13(11)22(21)12-5-3-2-4-9(12)14(17)18/h2-7H,1H3,(H,19,20). The number of hydrogen-bond acceptors (Lipinski definition) is 3. The summed E-state index contributed by atoms with van der Waals surface area (Å²) in [6, 6.07) is 8.20. The number of benzene rings is 2. The molecule has 1 aliphatic heterocycles. The number of rotatable bonds is 1.